The highest BCUT2D eigenvalue weighted by Gasteiger charge is 2.30. The van der Waals surface area contributed by atoms with Gasteiger partial charge in [-0.1, -0.05) is 0 Å². The second kappa shape index (κ2) is 7.25. The zero-order chi connectivity index (χ0) is 19.7. The van der Waals surface area contributed by atoms with E-state index in [0.717, 1.165) is 17.2 Å². The van der Waals surface area contributed by atoms with Crippen LogP contribution in [0.3, 0.4) is 0 Å². The van der Waals surface area contributed by atoms with Crippen LogP contribution < -0.4 is 10.2 Å². The van der Waals surface area contributed by atoms with E-state index >= 15 is 0 Å². The van der Waals surface area contributed by atoms with Gasteiger partial charge in [0.2, 0.25) is 5.91 Å². The molecule has 1 aliphatic heterocycles. The summed E-state index contributed by atoms with van der Waals surface area (Å²) in [6.07, 6.45) is -0.477. The standard InChI is InChI=1S/C18H19F3N6O/c19-18(20,21)5-8-24-17(28)11-2-1-9-27(10-11)16-14-12-3-6-22-15(12)26-25-13(14)4-7-23-16/h3-4,6-7,11H,1-2,5,8-10H2,(H,22,26)(H,24,28). The number of aromatic amines is 1. The van der Waals surface area contributed by atoms with Crippen molar-refractivity contribution >= 4 is 33.7 Å². The lowest BCUT2D eigenvalue weighted by Crippen LogP contribution is -2.44. The molecule has 0 bridgehead atoms. The van der Waals surface area contributed by atoms with E-state index in [2.05, 4.69) is 25.5 Å². The van der Waals surface area contributed by atoms with Crippen LogP contribution in [-0.2, 0) is 4.79 Å². The van der Waals surface area contributed by atoms with E-state index < -0.39 is 19.1 Å². The molecule has 0 radical (unpaired) electrons. The van der Waals surface area contributed by atoms with Gasteiger partial charge >= 0.3 is 6.18 Å². The van der Waals surface area contributed by atoms with Gasteiger partial charge in [-0.05, 0) is 25.0 Å². The Hall–Kier alpha value is -2.91. The minimum absolute atomic E-state index is 0.347. The molecule has 1 fully saturated rings. The Kier molecular flexibility index (Phi) is 4.78. The highest BCUT2D eigenvalue weighted by atomic mass is 19.4. The number of aromatic nitrogens is 4. The fraction of sp³-hybridized carbons (Fsp3) is 0.444. The second-order valence-electron chi connectivity index (χ2n) is 6.91. The summed E-state index contributed by atoms with van der Waals surface area (Å²) in [6, 6.07) is 3.69. The van der Waals surface area contributed by atoms with Gasteiger partial charge in [-0.25, -0.2) is 4.98 Å². The summed E-state index contributed by atoms with van der Waals surface area (Å²) in [6.45, 7) is 0.718. The number of halogens is 3. The van der Waals surface area contributed by atoms with Gasteiger partial charge in [-0.15, -0.1) is 10.2 Å². The quantitative estimate of drug-likeness (QED) is 0.713. The van der Waals surface area contributed by atoms with Gasteiger partial charge in [-0.3, -0.25) is 4.79 Å². The third-order valence-electron chi connectivity index (χ3n) is 4.96. The number of hydrogen-bond donors (Lipinski definition) is 2. The maximum atomic E-state index is 12.3. The number of alkyl halides is 3. The lowest BCUT2D eigenvalue weighted by atomic mass is 9.96. The van der Waals surface area contributed by atoms with Gasteiger partial charge in [0.15, 0.2) is 5.65 Å². The minimum atomic E-state index is -4.28. The maximum Gasteiger partial charge on any atom is 0.390 e. The topological polar surface area (TPSA) is 86.8 Å². The molecule has 2 N–H and O–H groups in total. The van der Waals surface area contributed by atoms with E-state index in [9.17, 15) is 18.0 Å². The van der Waals surface area contributed by atoms with Crippen molar-refractivity contribution in [1.82, 2.24) is 25.5 Å². The van der Waals surface area contributed by atoms with E-state index in [1.807, 2.05) is 11.0 Å². The third kappa shape index (κ3) is 3.71. The molecule has 1 aliphatic rings. The van der Waals surface area contributed by atoms with Gasteiger partial charge in [0.05, 0.1) is 23.2 Å². The number of piperidine rings is 1. The molecule has 4 rings (SSSR count). The van der Waals surface area contributed by atoms with E-state index in [-0.39, 0.29) is 11.8 Å². The van der Waals surface area contributed by atoms with Crippen LogP contribution in [0.2, 0.25) is 0 Å². The molecule has 0 aliphatic carbocycles. The van der Waals surface area contributed by atoms with Crippen LogP contribution in [0.25, 0.3) is 21.9 Å². The normalized spacial score (nSPS) is 18.0. The highest BCUT2D eigenvalue weighted by Crippen LogP contribution is 2.31. The van der Waals surface area contributed by atoms with Gasteiger partial charge in [-0.2, -0.15) is 13.2 Å². The molecule has 1 amide bonds. The van der Waals surface area contributed by atoms with Gasteiger partial charge in [0.25, 0.3) is 0 Å². The number of pyridine rings is 1. The molecule has 28 heavy (non-hydrogen) atoms. The molecule has 148 valence electrons. The number of nitrogens with zero attached hydrogens (tertiary/aromatic N) is 4. The lowest BCUT2D eigenvalue weighted by Gasteiger charge is -2.33. The highest BCUT2D eigenvalue weighted by molar-refractivity contribution is 6.08. The molecular weight excluding hydrogens is 373 g/mol. The Morgan fingerprint density at radius 3 is 3.00 bits per heavy atom. The number of nitrogens with one attached hydrogen (secondary N) is 2. The van der Waals surface area contributed by atoms with Gasteiger partial charge < -0.3 is 15.2 Å². The first-order chi connectivity index (χ1) is 13.4. The molecule has 1 unspecified atom stereocenters. The second-order valence-corrected chi connectivity index (χ2v) is 6.91. The molecule has 3 aromatic heterocycles. The number of rotatable bonds is 4. The third-order valence-corrected chi connectivity index (χ3v) is 4.96. The number of fused-ring (bicyclic) bond motifs is 3. The Morgan fingerprint density at radius 1 is 1.32 bits per heavy atom. The predicted octanol–water partition coefficient (Wildman–Crippen LogP) is 2.79. The zero-order valence-electron chi connectivity index (χ0n) is 15.0. The number of H-pyrrole nitrogens is 1. The fourth-order valence-electron chi connectivity index (χ4n) is 3.63. The Balaban J connectivity index is 1.55. The van der Waals surface area contributed by atoms with Gasteiger partial charge in [0.1, 0.15) is 5.82 Å². The molecule has 0 aromatic carbocycles. The molecule has 0 spiro atoms. The van der Waals surface area contributed by atoms with E-state index in [0.29, 0.717) is 36.5 Å². The van der Waals surface area contributed by atoms with Crippen molar-refractivity contribution in [3.05, 3.63) is 24.5 Å². The average Bonchev–Trinajstić information content (AvgIpc) is 3.15. The molecule has 10 heteroatoms. The minimum Gasteiger partial charge on any atom is -0.355 e. The van der Waals surface area contributed by atoms with E-state index in [1.165, 1.54) is 0 Å². The lowest BCUT2D eigenvalue weighted by molar-refractivity contribution is -0.136. The monoisotopic (exact) mass is 392 g/mol. The Labute approximate surface area is 158 Å². The number of amides is 1. The van der Waals surface area contributed by atoms with Crippen molar-refractivity contribution in [2.75, 3.05) is 24.5 Å². The average molecular weight is 392 g/mol. The van der Waals surface area contributed by atoms with Crippen LogP contribution in [0.1, 0.15) is 19.3 Å². The fourth-order valence-corrected chi connectivity index (χ4v) is 3.63. The Bertz CT molecular complexity index is 1000. The van der Waals surface area contributed by atoms with Crippen LogP contribution in [0.5, 0.6) is 0 Å². The summed E-state index contributed by atoms with van der Waals surface area (Å²) < 4.78 is 36.9. The predicted molar refractivity (Wildman–Crippen MR) is 97.8 cm³/mol. The van der Waals surface area contributed by atoms with Crippen LogP contribution in [-0.4, -0.2) is 51.9 Å². The molecule has 0 saturated carbocycles. The molecule has 3 aromatic rings. The van der Waals surface area contributed by atoms with Crippen molar-refractivity contribution in [2.45, 2.75) is 25.4 Å². The number of anilines is 1. The van der Waals surface area contributed by atoms with Gasteiger partial charge in [0, 0.05) is 37.4 Å². The van der Waals surface area contributed by atoms with Crippen LogP contribution in [0, 0.1) is 5.92 Å². The summed E-state index contributed by atoms with van der Waals surface area (Å²) in [7, 11) is 0. The smallest absolute Gasteiger partial charge is 0.355 e. The maximum absolute atomic E-state index is 12.3. The number of hydrogen-bond acceptors (Lipinski definition) is 5. The van der Waals surface area contributed by atoms with E-state index in [4.69, 9.17) is 0 Å². The van der Waals surface area contributed by atoms with Crippen molar-refractivity contribution in [1.29, 1.82) is 0 Å². The van der Waals surface area contributed by atoms with Crippen molar-refractivity contribution in [3.63, 3.8) is 0 Å². The first kappa shape index (κ1) is 18.5. The summed E-state index contributed by atoms with van der Waals surface area (Å²) in [4.78, 5) is 21.9. The molecule has 1 atom stereocenters. The summed E-state index contributed by atoms with van der Waals surface area (Å²) in [5.74, 6) is -0.0129. The van der Waals surface area contributed by atoms with E-state index in [1.54, 1.807) is 18.5 Å². The first-order valence-corrected chi connectivity index (χ1v) is 9.10. The molecule has 1 saturated heterocycles. The largest absolute Gasteiger partial charge is 0.390 e. The SMILES string of the molecule is O=C(NCCC(F)(F)F)C1CCCN(c2nccc3nnc4[nH]ccc4c23)C1. The van der Waals surface area contributed by atoms with Crippen LogP contribution >= 0.6 is 0 Å². The molecule has 4 heterocycles. The first-order valence-electron chi connectivity index (χ1n) is 9.10. The summed E-state index contributed by atoms with van der Waals surface area (Å²) in [5, 5.41) is 12.5. The summed E-state index contributed by atoms with van der Waals surface area (Å²) >= 11 is 0. The summed E-state index contributed by atoms with van der Waals surface area (Å²) in [5.41, 5.74) is 1.36. The number of carbonyl (C=O) groups is 1. The van der Waals surface area contributed by atoms with Crippen molar-refractivity contribution in [3.8, 4) is 0 Å². The number of carbonyl (C=O) groups excluding carboxylic acids is 1. The van der Waals surface area contributed by atoms with Crippen LogP contribution in [0.15, 0.2) is 24.5 Å². The van der Waals surface area contributed by atoms with Crippen LogP contribution in [0.4, 0.5) is 19.0 Å². The molecule has 7 nitrogen and oxygen atoms in total. The van der Waals surface area contributed by atoms with Crippen molar-refractivity contribution in [2.24, 2.45) is 5.92 Å². The van der Waals surface area contributed by atoms with Crippen molar-refractivity contribution < 1.29 is 18.0 Å². The molecular formula is C18H19F3N6O. The Morgan fingerprint density at radius 2 is 2.18 bits per heavy atom. The zero-order valence-corrected chi connectivity index (χ0v) is 15.0.